The lowest BCUT2D eigenvalue weighted by atomic mass is 9.92. The fourth-order valence-corrected chi connectivity index (χ4v) is 2.97. The summed E-state index contributed by atoms with van der Waals surface area (Å²) in [6.45, 7) is 8.60. The van der Waals surface area contributed by atoms with Gasteiger partial charge < -0.3 is 0 Å². The van der Waals surface area contributed by atoms with E-state index >= 15 is 0 Å². The summed E-state index contributed by atoms with van der Waals surface area (Å²) in [6, 6.07) is 0. The minimum absolute atomic E-state index is 0.145. The Balaban J connectivity index is 3.49. The van der Waals surface area contributed by atoms with Crippen LogP contribution in [-0.2, 0) is 18.8 Å². The van der Waals surface area contributed by atoms with Gasteiger partial charge in [-0.05, 0) is 18.3 Å². The second kappa shape index (κ2) is 13.2. The van der Waals surface area contributed by atoms with Crippen molar-refractivity contribution in [2.75, 3.05) is 13.2 Å². The lowest BCUT2D eigenvalue weighted by Crippen LogP contribution is -2.22. The maximum absolute atomic E-state index is 11.6. The minimum atomic E-state index is -3.84. The molecule has 0 unspecified atom stereocenters. The summed E-state index contributed by atoms with van der Waals surface area (Å²) in [4.78, 5) is 0. The van der Waals surface area contributed by atoms with Crippen LogP contribution < -0.4 is 0 Å². The molecule has 5 heteroatoms. The van der Waals surface area contributed by atoms with Crippen molar-refractivity contribution in [2.45, 2.75) is 98.3 Å². The molecule has 0 heterocycles. The second-order valence-electron chi connectivity index (χ2n) is 7.19. The SMILES string of the molecule is CCCCCCCCCCCCOS(=O)(=O)OCC(C)(C)CC. The van der Waals surface area contributed by atoms with Gasteiger partial charge in [0.05, 0.1) is 13.2 Å². The smallest absolute Gasteiger partial charge is 0.248 e. The normalized spacial score (nSPS) is 12.7. The molecule has 4 nitrogen and oxygen atoms in total. The lowest BCUT2D eigenvalue weighted by molar-refractivity contribution is 0.144. The van der Waals surface area contributed by atoms with Crippen LogP contribution in [-0.4, -0.2) is 21.6 Å². The monoisotopic (exact) mass is 350 g/mol. The molecule has 0 aliphatic rings. The van der Waals surface area contributed by atoms with E-state index < -0.39 is 10.4 Å². The predicted octanol–water partition coefficient (Wildman–Crippen LogP) is 5.62. The molecular weight excluding hydrogens is 312 g/mol. The van der Waals surface area contributed by atoms with Crippen LogP contribution in [0.5, 0.6) is 0 Å². The van der Waals surface area contributed by atoms with Crippen LogP contribution in [0.15, 0.2) is 0 Å². The molecule has 0 saturated heterocycles. The summed E-state index contributed by atoms with van der Waals surface area (Å²) < 4.78 is 33.0. The number of hydrogen-bond donors (Lipinski definition) is 0. The summed E-state index contributed by atoms with van der Waals surface area (Å²) >= 11 is 0. The van der Waals surface area contributed by atoms with Gasteiger partial charge >= 0.3 is 10.4 Å². The summed E-state index contributed by atoms with van der Waals surface area (Å²) in [5, 5.41) is 0. The summed E-state index contributed by atoms with van der Waals surface area (Å²) in [5.74, 6) is 0. The quantitative estimate of drug-likeness (QED) is 0.339. The number of unbranched alkanes of at least 4 members (excludes halogenated alkanes) is 9. The van der Waals surface area contributed by atoms with E-state index in [0.717, 1.165) is 25.7 Å². The first-order valence-electron chi connectivity index (χ1n) is 9.37. The number of rotatable bonds is 16. The summed E-state index contributed by atoms with van der Waals surface area (Å²) in [5.41, 5.74) is -0.145. The van der Waals surface area contributed by atoms with Crippen LogP contribution >= 0.6 is 0 Å². The molecule has 0 rings (SSSR count). The van der Waals surface area contributed by atoms with Crippen molar-refractivity contribution in [3.05, 3.63) is 0 Å². The van der Waals surface area contributed by atoms with Crippen molar-refractivity contribution >= 4 is 10.4 Å². The highest BCUT2D eigenvalue weighted by Crippen LogP contribution is 2.21. The Labute approximate surface area is 144 Å². The van der Waals surface area contributed by atoms with Gasteiger partial charge in [-0.2, -0.15) is 8.42 Å². The topological polar surface area (TPSA) is 52.6 Å². The Morgan fingerprint density at radius 2 is 1.22 bits per heavy atom. The Kier molecular flexibility index (Phi) is 13.1. The standard InChI is InChI=1S/C18H38O4S/c1-5-7-8-9-10-11-12-13-14-15-16-21-23(19,20)22-17-18(3,4)6-2/h5-17H2,1-4H3. The van der Waals surface area contributed by atoms with Gasteiger partial charge in [0.25, 0.3) is 0 Å². The maximum atomic E-state index is 11.6. The molecule has 0 atom stereocenters. The van der Waals surface area contributed by atoms with E-state index in [1.807, 2.05) is 20.8 Å². The van der Waals surface area contributed by atoms with E-state index in [4.69, 9.17) is 8.37 Å². The van der Waals surface area contributed by atoms with Crippen molar-refractivity contribution in [1.29, 1.82) is 0 Å². The zero-order chi connectivity index (χ0) is 17.6. The molecule has 0 spiro atoms. The highest BCUT2D eigenvalue weighted by molar-refractivity contribution is 7.81. The Morgan fingerprint density at radius 1 is 0.739 bits per heavy atom. The molecule has 0 aliphatic carbocycles. The van der Waals surface area contributed by atoms with E-state index in [2.05, 4.69) is 6.92 Å². The molecule has 0 saturated carbocycles. The first-order valence-corrected chi connectivity index (χ1v) is 10.7. The van der Waals surface area contributed by atoms with Crippen molar-refractivity contribution in [3.63, 3.8) is 0 Å². The van der Waals surface area contributed by atoms with Gasteiger partial charge in [-0.3, -0.25) is 0 Å². The highest BCUT2D eigenvalue weighted by atomic mass is 32.3. The largest absolute Gasteiger partial charge is 0.399 e. The Morgan fingerprint density at radius 3 is 1.70 bits per heavy atom. The van der Waals surface area contributed by atoms with Crippen LogP contribution in [0.1, 0.15) is 98.3 Å². The molecule has 23 heavy (non-hydrogen) atoms. The highest BCUT2D eigenvalue weighted by Gasteiger charge is 2.21. The molecule has 0 aromatic carbocycles. The van der Waals surface area contributed by atoms with Crippen molar-refractivity contribution < 1.29 is 16.8 Å². The molecule has 0 bridgehead atoms. The Bertz CT molecular complexity index is 363. The third kappa shape index (κ3) is 15.2. The molecule has 0 aliphatic heterocycles. The van der Waals surface area contributed by atoms with E-state index in [1.54, 1.807) is 0 Å². The average Bonchev–Trinajstić information content (AvgIpc) is 2.51. The van der Waals surface area contributed by atoms with Gasteiger partial charge in [0.15, 0.2) is 0 Å². The maximum Gasteiger partial charge on any atom is 0.399 e. The van der Waals surface area contributed by atoms with Crippen molar-refractivity contribution in [2.24, 2.45) is 5.41 Å². The van der Waals surface area contributed by atoms with Crippen molar-refractivity contribution in [1.82, 2.24) is 0 Å². The fraction of sp³-hybridized carbons (Fsp3) is 1.00. The Hall–Kier alpha value is -0.130. The average molecular weight is 351 g/mol. The van der Waals surface area contributed by atoms with Gasteiger partial charge in [-0.25, -0.2) is 8.37 Å². The predicted molar refractivity (Wildman–Crippen MR) is 96.7 cm³/mol. The van der Waals surface area contributed by atoms with Crippen LogP contribution in [0.2, 0.25) is 0 Å². The van der Waals surface area contributed by atoms with E-state index in [9.17, 15) is 8.42 Å². The summed E-state index contributed by atoms with van der Waals surface area (Å²) in [6.07, 6.45) is 13.0. The second-order valence-corrected chi connectivity index (χ2v) is 8.48. The lowest BCUT2D eigenvalue weighted by Gasteiger charge is -2.21. The molecule has 0 aromatic heterocycles. The molecular formula is C18H38O4S. The van der Waals surface area contributed by atoms with E-state index in [1.165, 1.54) is 44.9 Å². The zero-order valence-electron chi connectivity index (χ0n) is 15.7. The van der Waals surface area contributed by atoms with Crippen molar-refractivity contribution in [3.8, 4) is 0 Å². The first-order chi connectivity index (χ1) is 10.8. The molecule has 0 fully saturated rings. The molecule has 0 aromatic rings. The van der Waals surface area contributed by atoms with Crippen LogP contribution in [0.25, 0.3) is 0 Å². The van der Waals surface area contributed by atoms with Crippen LogP contribution in [0, 0.1) is 5.41 Å². The molecule has 0 amide bonds. The summed E-state index contributed by atoms with van der Waals surface area (Å²) in [7, 11) is -3.84. The van der Waals surface area contributed by atoms with Gasteiger partial charge in [0, 0.05) is 0 Å². The van der Waals surface area contributed by atoms with Gasteiger partial charge in [0.2, 0.25) is 0 Å². The third-order valence-electron chi connectivity index (χ3n) is 4.28. The van der Waals surface area contributed by atoms with E-state index in [-0.39, 0.29) is 18.6 Å². The zero-order valence-corrected chi connectivity index (χ0v) is 16.6. The fourth-order valence-electron chi connectivity index (χ4n) is 2.12. The molecule has 0 radical (unpaired) electrons. The number of hydrogen-bond acceptors (Lipinski definition) is 4. The van der Waals surface area contributed by atoms with Gasteiger partial charge in [0.1, 0.15) is 0 Å². The van der Waals surface area contributed by atoms with Crippen LogP contribution in [0.4, 0.5) is 0 Å². The van der Waals surface area contributed by atoms with Crippen LogP contribution in [0.3, 0.4) is 0 Å². The molecule has 140 valence electrons. The molecule has 0 N–H and O–H groups in total. The van der Waals surface area contributed by atoms with Gasteiger partial charge in [-0.1, -0.05) is 85.5 Å². The van der Waals surface area contributed by atoms with E-state index in [0.29, 0.717) is 0 Å². The minimum Gasteiger partial charge on any atom is -0.248 e. The third-order valence-corrected chi connectivity index (χ3v) is 5.14. The first kappa shape index (κ1) is 22.9. The van der Waals surface area contributed by atoms with Gasteiger partial charge in [-0.15, -0.1) is 0 Å².